The van der Waals surface area contributed by atoms with Gasteiger partial charge < -0.3 is 4.42 Å². The summed E-state index contributed by atoms with van der Waals surface area (Å²) in [6, 6.07) is 27.3. The summed E-state index contributed by atoms with van der Waals surface area (Å²) in [6.45, 7) is 0. The van der Waals surface area contributed by atoms with E-state index < -0.39 is 24.2 Å². The van der Waals surface area contributed by atoms with Crippen LogP contribution in [-0.4, -0.2) is 0 Å². The molecule has 0 aliphatic carbocycles. The number of rotatable bonds is 3. The maximum absolute atomic E-state index is 9.25. The van der Waals surface area contributed by atoms with E-state index in [1.807, 2.05) is 91.0 Å². The Morgan fingerprint density at radius 1 is 0.436 bits per heavy atom. The molecule has 1 heterocycles. The fourth-order valence-electron chi connectivity index (χ4n) is 5.61. The zero-order valence-corrected chi connectivity index (χ0v) is 20.6. The first kappa shape index (κ1) is 15.3. The molecule has 0 N–H and O–H groups in total. The largest absolute Gasteiger partial charge is 0.455 e. The molecule has 0 spiro atoms. The van der Waals surface area contributed by atoms with Crippen molar-refractivity contribution in [2.75, 3.05) is 0 Å². The molecule has 0 amide bonds. The molecule has 182 valence electrons. The quantitative estimate of drug-likeness (QED) is 0.218. The van der Waals surface area contributed by atoms with Gasteiger partial charge in [0.05, 0.1) is 11.0 Å². The summed E-state index contributed by atoms with van der Waals surface area (Å²) in [6.07, 6.45) is 0. The Labute approximate surface area is 237 Å². The Hall–Kier alpha value is -5.14. The molecular weight excluding hydrogens is 472 g/mol. The minimum atomic E-state index is -0.440. The number of furan rings is 1. The summed E-state index contributed by atoms with van der Waals surface area (Å²) in [5, 5.41) is 2.28. The molecule has 8 rings (SSSR count). The number of fused-ring (bicyclic) bond motifs is 5. The second kappa shape index (κ2) is 8.72. The van der Waals surface area contributed by atoms with E-state index in [1.54, 1.807) is 6.07 Å². The molecule has 0 saturated carbocycles. The van der Waals surface area contributed by atoms with Crippen LogP contribution in [-0.2, 0) is 0 Å². The Kier molecular flexibility index (Phi) is 3.42. The van der Waals surface area contributed by atoms with E-state index in [4.69, 9.17) is 9.90 Å². The summed E-state index contributed by atoms with van der Waals surface area (Å²) >= 11 is 0. The van der Waals surface area contributed by atoms with Gasteiger partial charge in [0.25, 0.3) is 0 Å². The Bertz CT molecular complexity index is 2530. The molecule has 0 radical (unpaired) electrons. The van der Waals surface area contributed by atoms with Gasteiger partial charge in [-0.1, -0.05) is 133 Å². The minimum Gasteiger partial charge on any atom is -0.455 e. The summed E-state index contributed by atoms with van der Waals surface area (Å²) in [4.78, 5) is 0. The van der Waals surface area contributed by atoms with E-state index in [2.05, 4.69) is 0 Å². The molecule has 39 heavy (non-hydrogen) atoms. The molecule has 8 aromatic rings. The van der Waals surface area contributed by atoms with E-state index >= 15 is 0 Å². The van der Waals surface area contributed by atoms with Crippen LogP contribution in [0, 0.1) is 0 Å². The molecule has 0 fully saturated rings. The lowest BCUT2D eigenvalue weighted by atomic mass is 9.85. The Morgan fingerprint density at radius 3 is 1.74 bits per heavy atom. The van der Waals surface area contributed by atoms with Crippen LogP contribution in [0.3, 0.4) is 0 Å². The van der Waals surface area contributed by atoms with Crippen molar-refractivity contribution in [2.45, 2.75) is 0 Å². The predicted molar refractivity (Wildman–Crippen MR) is 165 cm³/mol. The Balaban J connectivity index is 1.66. The zero-order valence-electron chi connectivity index (χ0n) is 28.6. The fraction of sp³-hybridized carbons (Fsp3) is 0. The highest BCUT2D eigenvalue weighted by Gasteiger charge is 2.20. The SMILES string of the molecule is [2H]c1c([2H])c([2H])c2c(-c3cccc4c3oc3ccccc34)c3c([2H])c([2H])c([2H])c([2H])c3c(-c3cccc(-c4ccccc4)c3)c2c1[2H]. The van der Waals surface area contributed by atoms with E-state index in [0.717, 1.165) is 21.9 Å². The van der Waals surface area contributed by atoms with Crippen molar-refractivity contribution in [3.05, 3.63) is 145 Å². The zero-order chi connectivity index (χ0) is 32.7. The molecule has 0 atom stereocenters. The molecular formula is C38H24O. The van der Waals surface area contributed by atoms with E-state index in [-0.39, 0.29) is 51.3 Å². The summed E-state index contributed by atoms with van der Waals surface area (Å²) in [5.41, 5.74) is 4.46. The van der Waals surface area contributed by atoms with E-state index in [0.29, 0.717) is 27.9 Å². The van der Waals surface area contributed by atoms with Gasteiger partial charge in [-0.25, -0.2) is 0 Å². The second-order valence-electron chi connectivity index (χ2n) is 9.48. The molecule has 1 aromatic heterocycles. The highest BCUT2D eigenvalue weighted by atomic mass is 16.3. The van der Waals surface area contributed by atoms with Crippen LogP contribution in [0.1, 0.15) is 11.0 Å². The molecule has 0 unspecified atom stereocenters. The first-order valence-electron chi connectivity index (χ1n) is 16.7. The van der Waals surface area contributed by atoms with Crippen LogP contribution in [0.4, 0.5) is 0 Å². The van der Waals surface area contributed by atoms with Gasteiger partial charge in [0, 0.05) is 21.9 Å². The lowest BCUT2D eigenvalue weighted by Gasteiger charge is -2.18. The fourth-order valence-corrected chi connectivity index (χ4v) is 5.61. The molecule has 0 aliphatic rings. The first-order valence-corrected chi connectivity index (χ1v) is 12.7. The van der Waals surface area contributed by atoms with Crippen molar-refractivity contribution < 1.29 is 15.4 Å². The highest BCUT2D eigenvalue weighted by Crippen LogP contribution is 2.46. The van der Waals surface area contributed by atoms with Gasteiger partial charge in [0.15, 0.2) is 0 Å². The summed E-state index contributed by atoms with van der Waals surface area (Å²) < 4.78 is 78.2. The summed E-state index contributed by atoms with van der Waals surface area (Å²) in [7, 11) is 0. The topological polar surface area (TPSA) is 13.1 Å². The van der Waals surface area contributed by atoms with Crippen LogP contribution in [0.25, 0.3) is 76.9 Å². The van der Waals surface area contributed by atoms with Gasteiger partial charge in [0.1, 0.15) is 11.2 Å². The van der Waals surface area contributed by atoms with Crippen LogP contribution in [0.5, 0.6) is 0 Å². The van der Waals surface area contributed by atoms with Gasteiger partial charge >= 0.3 is 0 Å². The molecule has 7 aromatic carbocycles. The van der Waals surface area contributed by atoms with Gasteiger partial charge in [0.2, 0.25) is 0 Å². The van der Waals surface area contributed by atoms with Crippen LogP contribution < -0.4 is 0 Å². The molecule has 0 saturated heterocycles. The van der Waals surface area contributed by atoms with Crippen molar-refractivity contribution in [2.24, 2.45) is 0 Å². The number of hydrogen-bond acceptors (Lipinski definition) is 1. The van der Waals surface area contributed by atoms with Gasteiger partial charge in [-0.05, 0) is 55.9 Å². The molecule has 1 heteroatoms. The smallest absolute Gasteiger partial charge is 0.143 e. The first-order chi connectivity index (χ1) is 22.7. The van der Waals surface area contributed by atoms with Gasteiger partial charge in [-0.2, -0.15) is 0 Å². The lowest BCUT2D eigenvalue weighted by molar-refractivity contribution is 0.670. The maximum atomic E-state index is 9.25. The minimum absolute atomic E-state index is 0.154. The predicted octanol–water partition coefficient (Wildman–Crippen LogP) is 10.9. The lowest BCUT2D eigenvalue weighted by Crippen LogP contribution is -1.91. The highest BCUT2D eigenvalue weighted by molar-refractivity contribution is 6.24. The second-order valence-corrected chi connectivity index (χ2v) is 9.48. The van der Waals surface area contributed by atoms with Crippen LogP contribution in [0.15, 0.2) is 150 Å². The van der Waals surface area contributed by atoms with Crippen LogP contribution in [0.2, 0.25) is 0 Å². The van der Waals surface area contributed by atoms with Crippen molar-refractivity contribution in [1.29, 1.82) is 0 Å². The van der Waals surface area contributed by atoms with Crippen molar-refractivity contribution in [3.63, 3.8) is 0 Å². The standard InChI is InChI=1S/C38H24O/c1-2-12-25(13-3-1)26-14-10-15-27(24-26)36-29-17-4-6-19-31(29)37(32-20-7-5-18-30(32)36)34-22-11-21-33-28-16-8-9-23-35(28)39-38(33)34/h1-24H/i4D,5D,6D,7D,17D,18D,19D,20D. The average molecular weight is 505 g/mol. The molecule has 1 nitrogen and oxygen atoms in total. The number of para-hydroxylation sites is 2. The van der Waals surface area contributed by atoms with Crippen molar-refractivity contribution >= 4 is 43.5 Å². The molecule has 0 aliphatic heterocycles. The third-order valence-electron chi connectivity index (χ3n) is 7.31. The summed E-state index contributed by atoms with van der Waals surface area (Å²) in [5.74, 6) is 0. The average Bonchev–Trinajstić information content (AvgIpc) is 3.49. The number of benzene rings is 7. The van der Waals surface area contributed by atoms with E-state index in [9.17, 15) is 5.48 Å². The normalized spacial score (nSPS) is 14.5. The van der Waals surface area contributed by atoms with Crippen LogP contribution >= 0.6 is 0 Å². The monoisotopic (exact) mass is 504 g/mol. The van der Waals surface area contributed by atoms with Gasteiger partial charge in [-0.15, -0.1) is 0 Å². The number of hydrogen-bond donors (Lipinski definition) is 0. The van der Waals surface area contributed by atoms with E-state index in [1.165, 1.54) is 0 Å². The van der Waals surface area contributed by atoms with Crippen molar-refractivity contribution in [1.82, 2.24) is 0 Å². The third-order valence-corrected chi connectivity index (χ3v) is 7.31. The van der Waals surface area contributed by atoms with Crippen molar-refractivity contribution in [3.8, 4) is 33.4 Å². The van der Waals surface area contributed by atoms with Gasteiger partial charge in [-0.3, -0.25) is 0 Å². The third kappa shape index (κ3) is 3.41. The Morgan fingerprint density at radius 2 is 1.00 bits per heavy atom. The molecule has 0 bridgehead atoms. The maximum Gasteiger partial charge on any atom is 0.143 e.